The van der Waals surface area contributed by atoms with Crippen LogP contribution in [0.1, 0.15) is 25.3 Å². The smallest absolute Gasteiger partial charge is 0.226 e. The summed E-state index contributed by atoms with van der Waals surface area (Å²) in [6, 6.07) is 7.55. The zero-order valence-electron chi connectivity index (χ0n) is 14.5. The van der Waals surface area contributed by atoms with Crippen molar-refractivity contribution in [3.63, 3.8) is 0 Å². The van der Waals surface area contributed by atoms with Crippen LogP contribution in [0.25, 0.3) is 0 Å². The molecule has 2 aliphatic heterocycles. The number of aromatic hydroxyl groups is 1. The number of rotatable bonds is 4. The van der Waals surface area contributed by atoms with E-state index in [1.807, 2.05) is 11.0 Å². The maximum absolute atomic E-state index is 12.5. The molecule has 2 saturated heterocycles. The maximum atomic E-state index is 12.5. The van der Waals surface area contributed by atoms with E-state index >= 15 is 0 Å². The molecule has 132 valence electrons. The molecule has 1 atom stereocenters. The lowest BCUT2D eigenvalue weighted by atomic mass is 9.89. The van der Waals surface area contributed by atoms with Crippen molar-refractivity contribution in [2.45, 2.75) is 32.2 Å². The molecule has 2 aliphatic rings. The Balaban J connectivity index is 1.48. The molecule has 5 nitrogen and oxygen atoms in total. The standard InChI is InChI=1S/C19H28N2O3/c1-15(20-9-11-24-12-10-20)17-5-7-21(8-6-17)19(23)14-16-3-2-4-18(22)13-16/h2-4,13,15,17,22H,5-12,14H2,1H3/t15-/m0/s1. The molecule has 24 heavy (non-hydrogen) atoms. The minimum absolute atomic E-state index is 0.165. The van der Waals surface area contributed by atoms with Gasteiger partial charge in [-0.25, -0.2) is 0 Å². The zero-order valence-corrected chi connectivity index (χ0v) is 14.5. The summed E-state index contributed by atoms with van der Waals surface area (Å²) >= 11 is 0. The Kier molecular flexibility index (Phi) is 5.74. The number of phenolic OH excluding ortho intramolecular Hbond substituents is 1. The summed E-state index contributed by atoms with van der Waals surface area (Å²) in [7, 11) is 0. The molecule has 0 bridgehead atoms. The lowest BCUT2D eigenvalue weighted by Gasteiger charge is -2.41. The van der Waals surface area contributed by atoms with Gasteiger partial charge in [-0.1, -0.05) is 12.1 Å². The number of piperidine rings is 1. The highest BCUT2D eigenvalue weighted by molar-refractivity contribution is 5.79. The van der Waals surface area contributed by atoms with Gasteiger partial charge in [-0.3, -0.25) is 9.69 Å². The summed E-state index contributed by atoms with van der Waals surface area (Å²) in [5.74, 6) is 1.05. The van der Waals surface area contributed by atoms with Crippen molar-refractivity contribution in [3.8, 4) is 5.75 Å². The third-order valence-electron chi connectivity index (χ3n) is 5.46. The second-order valence-corrected chi connectivity index (χ2v) is 6.95. The van der Waals surface area contributed by atoms with Crippen molar-refractivity contribution < 1.29 is 14.6 Å². The van der Waals surface area contributed by atoms with Gasteiger partial charge in [-0.2, -0.15) is 0 Å². The quantitative estimate of drug-likeness (QED) is 0.915. The molecule has 0 radical (unpaired) electrons. The van der Waals surface area contributed by atoms with Crippen LogP contribution in [0.15, 0.2) is 24.3 Å². The van der Waals surface area contributed by atoms with Crippen LogP contribution < -0.4 is 0 Å². The van der Waals surface area contributed by atoms with Crippen molar-refractivity contribution in [3.05, 3.63) is 29.8 Å². The van der Waals surface area contributed by atoms with Gasteiger partial charge in [0.2, 0.25) is 5.91 Å². The molecular weight excluding hydrogens is 304 g/mol. The monoisotopic (exact) mass is 332 g/mol. The van der Waals surface area contributed by atoms with Crippen LogP contribution in [0.3, 0.4) is 0 Å². The summed E-state index contributed by atoms with van der Waals surface area (Å²) in [6.45, 7) is 7.74. The number of benzene rings is 1. The molecule has 0 saturated carbocycles. The number of nitrogens with zero attached hydrogens (tertiary/aromatic N) is 2. The Bertz CT molecular complexity index is 549. The summed E-state index contributed by atoms with van der Waals surface area (Å²) < 4.78 is 5.44. The number of hydrogen-bond acceptors (Lipinski definition) is 4. The van der Waals surface area contributed by atoms with Gasteiger partial charge in [0, 0.05) is 32.2 Å². The second kappa shape index (κ2) is 7.99. The molecular formula is C19H28N2O3. The van der Waals surface area contributed by atoms with Gasteiger partial charge in [0.05, 0.1) is 19.6 Å². The summed E-state index contributed by atoms with van der Waals surface area (Å²) in [5, 5.41) is 9.52. The maximum Gasteiger partial charge on any atom is 0.226 e. The van der Waals surface area contributed by atoms with Gasteiger partial charge in [-0.05, 0) is 43.4 Å². The molecule has 1 amide bonds. The van der Waals surface area contributed by atoms with Crippen LogP contribution in [0, 0.1) is 5.92 Å². The molecule has 0 aromatic heterocycles. The molecule has 1 aromatic carbocycles. The van der Waals surface area contributed by atoms with Crippen LogP contribution in [-0.2, 0) is 16.0 Å². The van der Waals surface area contributed by atoms with Gasteiger partial charge in [0.25, 0.3) is 0 Å². The fourth-order valence-corrected chi connectivity index (χ4v) is 3.87. The SMILES string of the molecule is C[C@@H](C1CCN(C(=O)Cc2cccc(O)c2)CC1)N1CCOCC1. The lowest BCUT2D eigenvalue weighted by Crippen LogP contribution is -2.49. The highest BCUT2D eigenvalue weighted by Crippen LogP contribution is 2.25. The normalized spacial score (nSPS) is 21.6. The van der Waals surface area contributed by atoms with Gasteiger partial charge in [0.15, 0.2) is 0 Å². The fraction of sp³-hybridized carbons (Fsp3) is 0.632. The highest BCUT2D eigenvalue weighted by Gasteiger charge is 2.29. The topological polar surface area (TPSA) is 53.0 Å². The molecule has 3 rings (SSSR count). The van der Waals surface area contributed by atoms with Crippen molar-refractivity contribution in [2.24, 2.45) is 5.92 Å². The minimum Gasteiger partial charge on any atom is -0.508 e. The van der Waals surface area contributed by atoms with E-state index in [2.05, 4.69) is 11.8 Å². The summed E-state index contributed by atoms with van der Waals surface area (Å²) in [4.78, 5) is 17.0. The molecule has 1 aromatic rings. The van der Waals surface area contributed by atoms with E-state index in [1.54, 1.807) is 18.2 Å². The molecule has 0 aliphatic carbocycles. The number of likely N-dealkylation sites (tertiary alicyclic amines) is 1. The summed E-state index contributed by atoms with van der Waals surface area (Å²) in [5.41, 5.74) is 0.879. The average Bonchev–Trinajstić information content (AvgIpc) is 2.62. The van der Waals surface area contributed by atoms with E-state index in [0.717, 1.165) is 57.8 Å². The number of phenols is 1. The molecule has 2 heterocycles. The lowest BCUT2D eigenvalue weighted by molar-refractivity contribution is -0.132. The van der Waals surface area contributed by atoms with Crippen molar-refractivity contribution >= 4 is 5.91 Å². The van der Waals surface area contributed by atoms with Crippen molar-refractivity contribution in [2.75, 3.05) is 39.4 Å². The Morgan fingerprint density at radius 1 is 1.25 bits per heavy atom. The van der Waals surface area contributed by atoms with Gasteiger partial charge in [-0.15, -0.1) is 0 Å². The van der Waals surface area contributed by atoms with E-state index in [4.69, 9.17) is 4.74 Å². The van der Waals surface area contributed by atoms with Crippen LogP contribution in [-0.4, -0.2) is 66.2 Å². The Morgan fingerprint density at radius 3 is 2.62 bits per heavy atom. The number of carbonyl (C=O) groups excluding carboxylic acids is 1. The van der Waals surface area contributed by atoms with Crippen LogP contribution in [0.5, 0.6) is 5.75 Å². The number of carbonyl (C=O) groups is 1. The highest BCUT2D eigenvalue weighted by atomic mass is 16.5. The van der Waals surface area contributed by atoms with Gasteiger partial charge < -0.3 is 14.7 Å². The zero-order chi connectivity index (χ0) is 16.9. The molecule has 0 spiro atoms. The first-order valence-corrected chi connectivity index (χ1v) is 9.01. The van der Waals surface area contributed by atoms with Crippen LogP contribution in [0.4, 0.5) is 0 Å². The Labute approximate surface area is 144 Å². The first kappa shape index (κ1) is 17.2. The number of ether oxygens (including phenoxy) is 1. The van der Waals surface area contributed by atoms with Crippen molar-refractivity contribution in [1.82, 2.24) is 9.80 Å². The second-order valence-electron chi connectivity index (χ2n) is 6.95. The Hall–Kier alpha value is -1.59. The van der Waals surface area contributed by atoms with E-state index in [0.29, 0.717) is 18.4 Å². The molecule has 0 unspecified atom stereocenters. The van der Waals surface area contributed by atoms with E-state index in [1.165, 1.54) is 0 Å². The third-order valence-corrected chi connectivity index (χ3v) is 5.46. The first-order chi connectivity index (χ1) is 11.6. The third kappa shape index (κ3) is 4.28. The molecule has 2 fully saturated rings. The van der Waals surface area contributed by atoms with Crippen LogP contribution >= 0.6 is 0 Å². The van der Waals surface area contributed by atoms with E-state index < -0.39 is 0 Å². The first-order valence-electron chi connectivity index (χ1n) is 9.01. The van der Waals surface area contributed by atoms with E-state index in [-0.39, 0.29) is 11.7 Å². The van der Waals surface area contributed by atoms with Crippen molar-refractivity contribution in [1.29, 1.82) is 0 Å². The predicted molar refractivity (Wildman–Crippen MR) is 93.0 cm³/mol. The fourth-order valence-electron chi connectivity index (χ4n) is 3.87. The summed E-state index contributed by atoms with van der Waals surface area (Å²) in [6.07, 6.45) is 2.52. The Morgan fingerprint density at radius 2 is 1.96 bits per heavy atom. The van der Waals surface area contributed by atoms with Gasteiger partial charge in [0.1, 0.15) is 5.75 Å². The average molecular weight is 332 g/mol. The van der Waals surface area contributed by atoms with E-state index in [9.17, 15) is 9.90 Å². The predicted octanol–water partition coefficient (Wildman–Crippen LogP) is 1.89. The van der Waals surface area contributed by atoms with Gasteiger partial charge >= 0.3 is 0 Å². The van der Waals surface area contributed by atoms with Crippen LogP contribution in [0.2, 0.25) is 0 Å². The largest absolute Gasteiger partial charge is 0.508 e. The number of amides is 1. The number of morpholine rings is 1. The molecule has 5 heteroatoms. The molecule has 1 N–H and O–H groups in total. The number of hydrogen-bond donors (Lipinski definition) is 1. The minimum atomic E-state index is 0.165.